The maximum Gasteiger partial charge on any atom is 0.323 e. The number of aliphatic hydroxyl groups excluding tert-OH is 1. The fourth-order valence-electron chi connectivity index (χ4n) is 2.57. The molecule has 2 rings (SSSR count). The highest BCUT2D eigenvalue weighted by Gasteiger charge is 2.35. The summed E-state index contributed by atoms with van der Waals surface area (Å²) in [5.74, 6) is 1.16. The smallest absolute Gasteiger partial charge is 0.323 e. The zero-order valence-corrected chi connectivity index (χ0v) is 13.2. The van der Waals surface area contributed by atoms with Crippen LogP contribution in [0.2, 0.25) is 0 Å². The Kier molecular flexibility index (Phi) is 5.57. The molecule has 2 amide bonds. The van der Waals surface area contributed by atoms with Gasteiger partial charge in [-0.1, -0.05) is 0 Å². The first-order valence-electron chi connectivity index (χ1n) is 7.40. The fraction of sp³-hybridized carbons (Fsp3) is 0.600. The summed E-state index contributed by atoms with van der Waals surface area (Å²) in [6.07, 6.45) is 0.591. The molecule has 22 heavy (non-hydrogen) atoms. The predicted molar refractivity (Wildman–Crippen MR) is 82.2 cm³/mol. The first-order valence-corrected chi connectivity index (χ1v) is 7.40. The minimum Gasteiger partial charge on any atom is -0.492 e. The highest BCUT2D eigenvalue weighted by molar-refractivity contribution is 5.88. The lowest BCUT2D eigenvalue weighted by molar-refractivity contribution is 0.111. The molecule has 2 atom stereocenters. The summed E-state index contributed by atoms with van der Waals surface area (Å²) in [7, 11) is 1.61. The van der Waals surface area contributed by atoms with Crippen LogP contribution in [0.1, 0.15) is 19.0 Å². The third-order valence-corrected chi connectivity index (χ3v) is 3.75. The number of rotatable bonds is 5. The molecule has 1 aromatic rings. The van der Waals surface area contributed by atoms with E-state index in [-0.39, 0.29) is 24.8 Å². The van der Waals surface area contributed by atoms with Crippen molar-refractivity contribution in [2.45, 2.75) is 32.4 Å². The number of methoxy groups -OCH3 is 1. The standard InChI is InChI=1S/C15H23N3O4/c1-4-22-13-5-6-14(16-10(13)2)17-15(20)18-8-12(21-3)7-11(18)9-19/h5-6,11-12,19H,4,7-9H2,1-3H3,(H,16,17,20)/t11-,12+/m0/s1. The summed E-state index contributed by atoms with van der Waals surface area (Å²) >= 11 is 0. The Hall–Kier alpha value is -1.86. The van der Waals surface area contributed by atoms with E-state index in [9.17, 15) is 9.90 Å². The third-order valence-electron chi connectivity index (χ3n) is 3.75. The highest BCUT2D eigenvalue weighted by Crippen LogP contribution is 2.22. The number of ether oxygens (including phenoxy) is 2. The van der Waals surface area contributed by atoms with Gasteiger partial charge < -0.3 is 19.5 Å². The second-order valence-electron chi connectivity index (χ2n) is 5.23. The number of carbonyl (C=O) groups is 1. The molecule has 1 aliphatic rings. The lowest BCUT2D eigenvalue weighted by atomic mass is 10.2. The van der Waals surface area contributed by atoms with Crippen molar-refractivity contribution in [3.8, 4) is 5.75 Å². The van der Waals surface area contributed by atoms with E-state index in [0.717, 1.165) is 5.69 Å². The summed E-state index contributed by atoms with van der Waals surface area (Å²) in [5.41, 5.74) is 0.717. The van der Waals surface area contributed by atoms with E-state index in [1.165, 1.54) is 0 Å². The number of aromatic nitrogens is 1. The average molecular weight is 309 g/mol. The van der Waals surface area contributed by atoms with Crippen molar-refractivity contribution >= 4 is 11.8 Å². The zero-order chi connectivity index (χ0) is 16.1. The van der Waals surface area contributed by atoms with Crippen LogP contribution in [0.3, 0.4) is 0 Å². The van der Waals surface area contributed by atoms with Crippen LogP contribution in [0.25, 0.3) is 0 Å². The van der Waals surface area contributed by atoms with Gasteiger partial charge in [0.2, 0.25) is 0 Å². The van der Waals surface area contributed by atoms with Gasteiger partial charge in [0.25, 0.3) is 0 Å². The lowest BCUT2D eigenvalue weighted by Gasteiger charge is -2.23. The quantitative estimate of drug-likeness (QED) is 0.859. The number of anilines is 1. The molecule has 1 aliphatic heterocycles. The molecule has 2 N–H and O–H groups in total. The maximum absolute atomic E-state index is 12.3. The lowest BCUT2D eigenvalue weighted by Crippen LogP contribution is -2.41. The van der Waals surface area contributed by atoms with Crippen molar-refractivity contribution in [3.63, 3.8) is 0 Å². The number of carbonyl (C=O) groups excluding carboxylic acids is 1. The van der Waals surface area contributed by atoms with Crippen molar-refractivity contribution in [2.24, 2.45) is 0 Å². The monoisotopic (exact) mass is 309 g/mol. The second-order valence-corrected chi connectivity index (χ2v) is 5.23. The molecule has 0 aliphatic carbocycles. The topological polar surface area (TPSA) is 83.9 Å². The number of amides is 2. The van der Waals surface area contributed by atoms with E-state index in [1.54, 1.807) is 24.1 Å². The molecular formula is C15H23N3O4. The van der Waals surface area contributed by atoms with E-state index in [2.05, 4.69) is 10.3 Å². The first-order chi connectivity index (χ1) is 10.6. The number of aryl methyl sites for hydroxylation is 1. The molecular weight excluding hydrogens is 286 g/mol. The molecule has 1 aromatic heterocycles. The van der Waals surface area contributed by atoms with Crippen molar-refractivity contribution in [1.29, 1.82) is 0 Å². The van der Waals surface area contributed by atoms with Crippen molar-refractivity contribution in [1.82, 2.24) is 9.88 Å². The molecule has 0 aromatic carbocycles. The number of likely N-dealkylation sites (tertiary alicyclic amines) is 1. The Balaban J connectivity index is 2.03. The average Bonchev–Trinajstić information content (AvgIpc) is 2.93. The number of nitrogens with one attached hydrogen (secondary N) is 1. The molecule has 0 spiro atoms. The minimum absolute atomic E-state index is 0.0436. The van der Waals surface area contributed by atoms with E-state index in [0.29, 0.717) is 31.1 Å². The van der Waals surface area contributed by atoms with Gasteiger partial charge in [-0.3, -0.25) is 5.32 Å². The zero-order valence-electron chi connectivity index (χ0n) is 13.2. The number of nitrogens with zero attached hydrogens (tertiary/aromatic N) is 2. The van der Waals surface area contributed by atoms with Gasteiger partial charge in [-0.15, -0.1) is 0 Å². The van der Waals surface area contributed by atoms with Crippen LogP contribution in [0.5, 0.6) is 5.75 Å². The van der Waals surface area contributed by atoms with Gasteiger partial charge in [0, 0.05) is 13.7 Å². The molecule has 122 valence electrons. The van der Waals surface area contributed by atoms with E-state index in [1.807, 2.05) is 13.8 Å². The van der Waals surface area contributed by atoms with Crippen LogP contribution >= 0.6 is 0 Å². The fourth-order valence-corrected chi connectivity index (χ4v) is 2.57. The molecule has 1 fully saturated rings. The second kappa shape index (κ2) is 7.42. The first kappa shape index (κ1) is 16.5. The van der Waals surface area contributed by atoms with Gasteiger partial charge in [-0.2, -0.15) is 0 Å². The van der Waals surface area contributed by atoms with Crippen LogP contribution in [0.4, 0.5) is 10.6 Å². The SMILES string of the molecule is CCOc1ccc(NC(=O)N2C[C@H](OC)C[C@H]2CO)nc1C. The van der Waals surface area contributed by atoms with Crippen LogP contribution in [0, 0.1) is 6.92 Å². The molecule has 0 saturated carbocycles. The highest BCUT2D eigenvalue weighted by atomic mass is 16.5. The van der Waals surface area contributed by atoms with Gasteiger partial charge >= 0.3 is 6.03 Å². The molecule has 7 nitrogen and oxygen atoms in total. The van der Waals surface area contributed by atoms with Gasteiger partial charge in [0.1, 0.15) is 11.6 Å². The Labute approximate surface area is 130 Å². The third kappa shape index (κ3) is 3.66. The minimum atomic E-state index is -0.283. The number of hydrogen-bond donors (Lipinski definition) is 2. The van der Waals surface area contributed by atoms with Gasteiger partial charge in [-0.05, 0) is 32.4 Å². The van der Waals surface area contributed by atoms with E-state index >= 15 is 0 Å². The van der Waals surface area contributed by atoms with Crippen LogP contribution in [-0.4, -0.2) is 60.0 Å². The van der Waals surface area contributed by atoms with Crippen molar-refractivity contribution in [2.75, 3.05) is 32.2 Å². The Morgan fingerprint density at radius 2 is 2.32 bits per heavy atom. The molecule has 0 radical (unpaired) electrons. The molecule has 7 heteroatoms. The molecule has 0 bridgehead atoms. The number of hydrogen-bond acceptors (Lipinski definition) is 5. The Morgan fingerprint density at radius 1 is 1.55 bits per heavy atom. The van der Waals surface area contributed by atoms with Gasteiger partial charge in [0.15, 0.2) is 0 Å². The number of urea groups is 1. The summed E-state index contributed by atoms with van der Waals surface area (Å²) < 4.78 is 10.7. The summed E-state index contributed by atoms with van der Waals surface area (Å²) in [5, 5.41) is 12.2. The van der Waals surface area contributed by atoms with Crippen LogP contribution in [0.15, 0.2) is 12.1 Å². The number of pyridine rings is 1. The molecule has 2 heterocycles. The summed E-state index contributed by atoms with van der Waals surface area (Å²) in [6, 6.07) is 2.98. The summed E-state index contributed by atoms with van der Waals surface area (Å²) in [4.78, 5) is 18.2. The molecule has 1 saturated heterocycles. The predicted octanol–water partition coefficient (Wildman–Crippen LogP) is 1.40. The van der Waals surface area contributed by atoms with Crippen molar-refractivity contribution < 1.29 is 19.4 Å². The van der Waals surface area contributed by atoms with E-state index in [4.69, 9.17) is 9.47 Å². The maximum atomic E-state index is 12.3. The molecule has 0 unspecified atom stereocenters. The van der Waals surface area contributed by atoms with Crippen LogP contribution in [-0.2, 0) is 4.74 Å². The van der Waals surface area contributed by atoms with Crippen molar-refractivity contribution in [3.05, 3.63) is 17.8 Å². The van der Waals surface area contributed by atoms with Gasteiger partial charge in [0.05, 0.1) is 31.1 Å². The summed E-state index contributed by atoms with van der Waals surface area (Å²) in [6.45, 7) is 4.68. The Morgan fingerprint density at radius 3 is 2.91 bits per heavy atom. The van der Waals surface area contributed by atoms with Gasteiger partial charge in [-0.25, -0.2) is 9.78 Å². The van der Waals surface area contributed by atoms with E-state index < -0.39 is 0 Å². The Bertz CT molecular complexity index is 524. The normalized spacial score (nSPS) is 21.0. The largest absolute Gasteiger partial charge is 0.492 e. The van der Waals surface area contributed by atoms with Crippen LogP contribution < -0.4 is 10.1 Å². The number of aliphatic hydroxyl groups is 1.